The van der Waals surface area contributed by atoms with E-state index in [1.54, 1.807) is 16.7 Å². The Balaban J connectivity index is 1.46. The highest BCUT2D eigenvalue weighted by Gasteiger charge is 2.30. The molecule has 0 fully saturated rings. The Morgan fingerprint density at radius 1 is 1.00 bits per heavy atom. The minimum Gasteiger partial charge on any atom is -0.352 e. The highest BCUT2D eigenvalue weighted by molar-refractivity contribution is 6.25. The number of carbonyl (C=O) groups is 3. The van der Waals surface area contributed by atoms with E-state index in [1.165, 1.54) is 0 Å². The highest BCUT2D eigenvalue weighted by atomic mass is 16.2. The molecule has 3 amide bonds. The molecule has 0 aromatic heterocycles. The molecular weight excluding hydrogens is 450 g/mol. The zero-order valence-electron chi connectivity index (χ0n) is 21.6. The lowest BCUT2D eigenvalue weighted by atomic mass is 10.1. The van der Waals surface area contributed by atoms with Gasteiger partial charge < -0.3 is 15.1 Å². The number of rotatable bonds is 10. The van der Waals surface area contributed by atoms with Crippen molar-refractivity contribution in [1.82, 2.24) is 10.2 Å². The summed E-state index contributed by atoms with van der Waals surface area (Å²) >= 11 is 0. The van der Waals surface area contributed by atoms with Gasteiger partial charge in [0.05, 0.1) is 5.69 Å². The second-order valence-electron chi connectivity index (χ2n) is 9.74. The fraction of sp³-hybridized carbons (Fsp3) is 0.367. The number of hydrogen-bond acceptors (Lipinski definition) is 3. The monoisotopic (exact) mass is 485 g/mol. The Bertz CT molecular complexity index is 1260. The van der Waals surface area contributed by atoms with Crippen molar-refractivity contribution in [2.45, 2.75) is 65.6 Å². The summed E-state index contributed by atoms with van der Waals surface area (Å²) in [7, 11) is 0. The van der Waals surface area contributed by atoms with Gasteiger partial charge in [-0.1, -0.05) is 61.0 Å². The first-order chi connectivity index (χ1) is 17.3. The van der Waals surface area contributed by atoms with Crippen molar-refractivity contribution in [3.63, 3.8) is 0 Å². The molecule has 36 heavy (non-hydrogen) atoms. The summed E-state index contributed by atoms with van der Waals surface area (Å²) in [5.74, 6) is -0.265. The Labute approximate surface area is 213 Å². The van der Waals surface area contributed by atoms with Crippen LogP contribution in [0.25, 0.3) is 10.8 Å². The van der Waals surface area contributed by atoms with Crippen LogP contribution in [-0.4, -0.2) is 41.2 Å². The Morgan fingerprint density at radius 3 is 2.39 bits per heavy atom. The van der Waals surface area contributed by atoms with Crippen molar-refractivity contribution in [1.29, 1.82) is 0 Å². The van der Waals surface area contributed by atoms with Crippen LogP contribution in [0.5, 0.6) is 0 Å². The third-order valence-corrected chi connectivity index (χ3v) is 7.06. The van der Waals surface area contributed by atoms with Crippen molar-refractivity contribution in [2.75, 3.05) is 11.4 Å². The number of nitrogens with one attached hydrogen (secondary N) is 1. The van der Waals surface area contributed by atoms with E-state index in [0.29, 0.717) is 25.1 Å². The Hall–Kier alpha value is -3.67. The average molecular weight is 486 g/mol. The first-order valence-electron chi connectivity index (χ1n) is 12.8. The van der Waals surface area contributed by atoms with Crippen LogP contribution in [0.4, 0.5) is 5.69 Å². The molecule has 0 unspecified atom stereocenters. The van der Waals surface area contributed by atoms with Gasteiger partial charge in [0.25, 0.3) is 5.91 Å². The molecule has 6 nitrogen and oxygen atoms in total. The number of benzene rings is 3. The quantitative estimate of drug-likeness (QED) is 0.428. The van der Waals surface area contributed by atoms with Gasteiger partial charge in [0, 0.05) is 36.5 Å². The third kappa shape index (κ3) is 5.27. The van der Waals surface area contributed by atoms with E-state index in [2.05, 4.69) is 5.32 Å². The van der Waals surface area contributed by atoms with Gasteiger partial charge in [-0.25, -0.2) is 0 Å². The van der Waals surface area contributed by atoms with Crippen molar-refractivity contribution in [3.05, 3.63) is 77.4 Å². The van der Waals surface area contributed by atoms with Gasteiger partial charge in [-0.15, -0.1) is 0 Å². The summed E-state index contributed by atoms with van der Waals surface area (Å²) in [6.45, 7) is 8.59. The molecule has 0 radical (unpaired) electrons. The summed E-state index contributed by atoms with van der Waals surface area (Å²) in [4.78, 5) is 42.8. The Kier molecular flexibility index (Phi) is 7.73. The smallest absolute Gasteiger partial charge is 0.258 e. The molecule has 0 bridgehead atoms. The molecule has 0 spiro atoms. The van der Waals surface area contributed by atoms with E-state index in [0.717, 1.165) is 34.0 Å². The molecule has 188 valence electrons. The lowest BCUT2D eigenvalue weighted by Gasteiger charge is -2.30. The summed E-state index contributed by atoms with van der Waals surface area (Å²) in [5, 5.41) is 5.02. The largest absolute Gasteiger partial charge is 0.352 e. The van der Waals surface area contributed by atoms with Gasteiger partial charge >= 0.3 is 0 Å². The van der Waals surface area contributed by atoms with Gasteiger partial charge in [-0.05, 0) is 56.7 Å². The summed E-state index contributed by atoms with van der Waals surface area (Å²) in [6.07, 6.45) is 1.59. The molecule has 1 aliphatic rings. The molecule has 1 aliphatic heterocycles. The lowest BCUT2D eigenvalue weighted by Crippen LogP contribution is -2.49. The molecule has 3 aromatic rings. The minimum absolute atomic E-state index is 0.0212. The van der Waals surface area contributed by atoms with Crippen molar-refractivity contribution < 1.29 is 14.4 Å². The summed E-state index contributed by atoms with van der Waals surface area (Å²) in [5.41, 5.74) is 3.74. The van der Waals surface area contributed by atoms with Crippen LogP contribution in [0.2, 0.25) is 0 Å². The molecule has 6 heteroatoms. The normalized spacial score (nSPS) is 14.1. The first kappa shape index (κ1) is 25.4. The second-order valence-corrected chi connectivity index (χ2v) is 9.74. The molecule has 1 heterocycles. The predicted molar refractivity (Wildman–Crippen MR) is 144 cm³/mol. The van der Waals surface area contributed by atoms with Gasteiger partial charge in [-0.3, -0.25) is 14.4 Å². The van der Waals surface area contributed by atoms with E-state index in [4.69, 9.17) is 0 Å². The zero-order valence-corrected chi connectivity index (χ0v) is 21.6. The van der Waals surface area contributed by atoms with Crippen LogP contribution < -0.4 is 10.2 Å². The van der Waals surface area contributed by atoms with Gasteiger partial charge in [-0.2, -0.15) is 0 Å². The fourth-order valence-electron chi connectivity index (χ4n) is 4.67. The number of amides is 3. The molecule has 0 saturated carbocycles. The number of hydrogen-bond donors (Lipinski definition) is 1. The number of aryl methyl sites for hydroxylation is 1. The minimum atomic E-state index is -0.598. The highest BCUT2D eigenvalue weighted by Crippen LogP contribution is 2.37. The molecule has 2 atom stereocenters. The van der Waals surface area contributed by atoms with Crippen LogP contribution in [-0.2, 0) is 16.1 Å². The van der Waals surface area contributed by atoms with Crippen LogP contribution >= 0.6 is 0 Å². The maximum atomic E-state index is 13.4. The summed E-state index contributed by atoms with van der Waals surface area (Å²) in [6, 6.07) is 19.2. The zero-order chi connectivity index (χ0) is 25.8. The number of anilines is 1. The Morgan fingerprint density at radius 2 is 1.69 bits per heavy atom. The van der Waals surface area contributed by atoms with Crippen molar-refractivity contribution in [3.8, 4) is 0 Å². The van der Waals surface area contributed by atoms with Gasteiger partial charge in [0.15, 0.2) is 0 Å². The van der Waals surface area contributed by atoms with Crippen LogP contribution in [0, 0.1) is 6.92 Å². The van der Waals surface area contributed by atoms with E-state index in [1.807, 2.05) is 81.4 Å². The topological polar surface area (TPSA) is 69.7 Å². The molecule has 0 saturated heterocycles. The molecular formula is C30H35N3O3. The standard InChI is InChI=1S/C30H35N3O3/c1-5-21(3)31-29(35)22(4)33(19-23-16-14-20(2)15-17-23)27(34)13-8-18-32-26-12-7-10-24-9-6-11-25(28(24)26)30(32)36/h6-7,9-12,14-17,21-22H,5,8,13,18-19H2,1-4H3,(H,31,35)/t21-,22-/m1/s1. The number of nitrogens with zero attached hydrogens (tertiary/aromatic N) is 2. The molecule has 1 N–H and O–H groups in total. The average Bonchev–Trinajstić information content (AvgIpc) is 3.15. The van der Waals surface area contributed by atoms with Gasteiger partial charge in [0.1, 0.15) is 6.04 Å². The predicted octanol–water partition coefficient (Wildman–Crippen LogP) is 5.22. The van der Waals surface area contributed by atoms with Crippen LogP contribution in [0.3, 0.4) is 0 Å². The second kappa shape index (κ2) is 10.9. The van der Waals surface area contributed by atoms with Crippen LogP contribution in [0.15, 0.2) is 60.7 Å². The van der Waals surface area contributed by atoms with E-state index in [-0.39, 0.29) is 30.2 Å². The fourth-order valence-corrected chi connectivity index (χ4v) is 4.67. The van der Waals surface area contributed by atoms with Gasteiger partial charge in [0.2, 0.25) is 11.8 Å². The SMILES string of the molecule is CC[C@@H](C)NC(=O)[C@@H](C)N(Cc1ccc(C)cc1)C(=O)CCCN1C(=O)c2cccc3cccc1c23. The molecule has 0 aliphatic carbocycles. The van der Waals surface area contributed by atoms with E-state index in [9.17, 15) is 14.4 Å². The van der Waals surface area contributed by atoms with Crippen LogP contribution in [0.1, 0.15) is 61.5 Å². The first-order valence-corrected chi connectivity index (χ1v) is 12.8. The maximum absolute atomic E-state index is 13.4. The third-order valence-electron chi connectivity index (χ3n) is 7.06. The number of carbonyl (C=O) groups excluding carboxylic acids is 3. The van der Waals surface area contributed by atoms with E-state index >= 15 is 0 Å². The van der Waals surface area contributed by atoms with E-state index < -0.39 is 6.04 Å². The van der Waals surface area contributed by atoms with Crippen molar-refractivity contribution in [2.24, 2.45) is 0 Å². The summed E-state index contributed by atoms with van der Waals surface area (Å²) < 4.78 is 0. The van der Waals surface area contributed by atoms with Crippen molar-refractivity contribution >= 4 is 34.2 Å². The molecule has 4 rings (SSSR count). The molecule has 3 aromatic carbocycles. The maximum Gasteiger partial charge on any atom is 0.258 e. The lowest BCUT2D eigenvalue weighted by molar-refractivity contribution is -0.140.